The zero-order valence-corrected chi connectivity index (χ0v) is 14.8. The smallest absolute Gasteiger partial charge is 0.323 e. The summed E-state index contributed by atoms with van der Waals surface area (Å²) in [6.45, 7) is 7.16. The normalized spacial score (nSPS) is 12.4. The molecule has 0 radical (unpaired) electrons. The van der Waals surface area contributed by atoms with Crippen molar-refractivity contribution in [2.24, 2.45) is 5.92 Å². The van der Waals surface area contributed by atoms with Crippen molar-refractivity contribution in [3.8, 4) is 0 Å². The number of allylic oxidation sites excluding steroid dienone is 3. The number of nitrogens with zero attached hydrogens (tertiary/aromatic N) is 1. The Bertz CT molecular complexity index is 856. The number of alkyl halides is 1. The van der Waals surface area contributed by atoms with Gasteiger partial charge in [0.25, 0.3) is 0 Å². The Labute approximate surface area is 144 Å². The van der Waals surface area contributed by atoms with Crippen LogP contribution in [0.25, 0.3) is 22.1 Å². The van der Waals surface area contributed by atoms with Crippen LogP contribution in [0, 0.1) is 5.92 Å². The third kappa shape index (κ3) is 6.74. The van der Waals surface area contributed by atoms with Gasteiger partial charge in [0.05, 0.1) is 23.6 Å². The largest absolute Gasteiger partial charge is 0.346 e. The van der Waals surface area contributed by atoms with Crippen molar-refractivity contribution in [3.63, 3.8) is 0 Å². The molecule has 0 saturated carbocycles. The molecule has 3 aromatic rings. The van der Waals surface area contributed by atoms with E-state index >= 15 is 0 Å². The summed E-state index contributed by atoms with van der Waals surface area (Å²) in [5, 5.41) is 0.927. The summed E-state index contributed by atoms with van der Waals surface area (Å²) in [6, 6.07) is 1.88. The highest BCUT2D eigenvalue weighted by atomic mass is 19.1. The fraction of sp³-hybridized carbons (Fsp3) is 0.333. The molecule has 7 heteroatoms. The van der Waals surface area contributed by atoms with Crippen LogP contribution < -0.4 is 5.69 Å². The number of hydrogen-bond acceptors (Lipinski definition) is 2. The lowest BCUT2D eigenvalue weighted by molar-refractivity contribution is 0.430. The van der Waals surface area contributed by atoms with E-state index in [1.807, 2.05) is 19.9 Å². The second-order valence-electron chi connectivity index (χ2n) is 5.63. The highest BCUT2D eigenvalue weighted by molar-refractivity contribution is 6.00. The van der Waals surface area contributed by atoms with Gasteiger partial charge in [0, 0.05) is 11.6 Å². The van der Waals surface area contributed by atoms with Gasteiger partial charge in [-0.15, -0.1) is 0 Å². The van der Waals surface area contributed by atoms with E-state index in [9.17, 15) is 13.6 Å². The second-order valence-corrected chi connectivity index (χ2v) is 5.63. The first kappa shape index (κ1) is 20.3. The molecule has 0 aromatic carbocycles. The average molecular weight is 350 g/mol. The van der Waals surface area contributed by atoms with Crippen LogP contribution >= 0.6 is 0 Å². The molecule has 0 amide bonds. The van der Waals surface area contributed by atoms with Gasteiger partial charge in [0.2, 0.25) is 0 Å². The number of imidazole rings is 1. The van der Waals surface area contributed by atoms with Crippen molar-refractivity contribution in [1.29, 1.82) is 0 Å². The van der Waals surface area contributed by atoms with Gasteiger partial charge >= 0.3 is 5.69 Å². The highest BCUT2D eigenvalue weighted by Gasteiger charge is 2.04. The average Bonchev–Trinajstić information content (AvgIpc) is 3.12. The van der Waals surface area contributed by atoms with Crippen molar-refractivity contribution >= 4 is 22.1 Å². The summed E-state index contributed by atoms with van der Waals surface area (Å²) in [6.07, 6.45) is 7.92. The molecule has 136 valence electrons. The highest BCUT2D eigenvalue weighted by Crippen LogP contribution is 2.17. The number of fused-ring (bicyclic) bond motifs is 3. The Morgan fingerprint density at radius 3 is 2.40 bits per heavy atom. The molecule has 0 aliphatic rings. The van der Waals surface area contributed by atoms with Gasteiger partial charge in [-0.1, -0.05) is 32.1 Å². The summed E-state index contributed by atoms with van der Waals surface area (Å²) >= 11 is 0. The Hall–Kier alpha value is -2.70. The number of halogens is 2. The maximum absolute atomic E-state index is 11.6. The molecule has 25 heavy (non-hydrogen) atoms. The van der Waals surface area contributed by atoms with Crippen LogP contribution in [0.1, 0.15) is 27.7 Å². The van der Waals surface area contributed by atoms with Gasteiger partial charge in [-0.2, -0.15) is 0 Å². The molecule has 3 rings (SSSR count). The lowest BCUT2D eigenvalue weighted by Gasteiger charge is -1.89. The van der Waals surface area contributed by atoms with Gasteiger partial charge in [-0.3, -0.25) is 0 Å². The second kappa shape index (κ2) is 10.2. The van der Waals surface area contributed by atoms with Crippen molar-refractivity contribution in [1.82, 2.24) is 19.9 Å². The first-order valence-corrected chi connectivity index (χ1v) is 7.96. The van der Waals surface area contributed by atoms with E-state index < -0.39 is 6.17 Å². The molecule has 1 unspecified atom stereocenters. The van der Waals surface area contributed by atoms with Crippen LogP contribution in [0.15, 0.2) is 47.8 Å². The Morgan fingerprint density at radius 2 is 1.92 bits per heavy atom. The fourth-order valence-corrected chi connectivity index (χ4v) is 1.92. The molecule has 0 aliphatic carbocycles. The van der Waals surface area contributed by atoms with Crippen LogP contribution in [0.2, 0.25) is 0 Å². The minimum Gasteiger partial charge on any atom is -0.346 e. The summed E-state index contributed by atoms with van der Waals surface area (Å²) in [4.78, 5) is 23.5. The maximum atomic E-state index is 11.6. The molecular formula is C18H24F2N4O. The van der Waals surface area contributed by atoms with Crippen LogP contribution in [0.3, 0.4) is 0 Å². The number of nitrogens with one attached hydrogen (secondary N) is 3. The summed E-state index contributed by atoms with van der Waals surface area (Å²) in [5.74, 6) is 0.343. The molecule has 3 N–H and O–H groups in total. The maximum Gasteiger partial charge on any atom is 0.323 e. The van der Waals surface area contributed by atoms with E-state index in [1.54, 1.807) is 25.4 Å². The van der Waals surface area contributed by atoms with Gasteiger partial charge < -0.3 is 15.0 Å². The summed E-state index contributed by atoms with van der Waals surface area (Å²) in [5.41, 5.74) is 2.11. The Balaban J connectivity index is 0.000000222. The van der Waals surface area contributed by atoms with Crippen molar-refractivity contribution in [2.75, 3.05) is 0 Å². The van der Waals surface area contributed by atoms with Crippen LogP contribution in [0.4, 0.5) is 8.78 Å². The van der Waals surface area contributed by atoms with Gasteiger partial charge in [0.1, 0.15) is 11.8 Å². The monoisotopic (exact) mass is 350 g/mol. The Kier molecular flexibility index (Phi) is 8.32. The lowest BCUT2D eigenvalue weighted by atomic mass is 10.2. The quantitative estimate of drug-likeness (QED) is 0.582. The predicted molar refractivity (Wildman–Crippen MR) is 99.0 cm³/mol. The number of hydrogen-bond donors (Lipinski definition) is 3. The van der Waals surface area contributed by atoms with Gasteiger partial charge in [-0.25, -0.2) is 18.6 Å². The molecule has 1 atom stereocenters. The minimum atomic E-state index is -0.782. The molecular weight excluding hydrogens is 326 g/mol. The molecule has 0 fully saturated rings. The summed E-state index contributed by atoms with van der Waals surface area (Å²) < 4.78 is 22.7. The third-order valence-electron chi connectivity index (χ3n) is 2.99. The molecule has 0 saturated heterocycles. The number of pyridine rings is 1. The third-order valence-corrected chi connectivity index (χ3v) is 2.99. The number of H-pyrrole nitrogens is 3. The first-order valence-electron chi connectivity index (χ1n) is 7.96. The summed E-state index contributed by atoms with van der Waals surface area (Å²) in [7, 11) is 0. The predicted octanol–water partition coefficient (Wildman–Crippen LogP) is 4.78. The van der Waals surface area contributed by atoms with Gasteiger partial charge in [0.15, 0.2) is 0 Å². The molecule has 0 spiro atoms. The van der Waals surface area contributed by atoms with E-state index in [1.165, 1.54) is 19.1 Å². The van der Waals surface area contributed by atoms with Crippen LogP contribution in [0.5, 0.6) is 0 Å². The molecule has 3 heterocycles. The fourth-order valence-electron chi connectivity index (χ4n) is 1.92. The molecule has 5 nitrogen and oxygen atoms in total. The van der Waals surface area contributed by atoms with Crippen molar-refractivity contribution < 1.29 is 8.78 Å². The topological polar surface area (TPSA) is 77.3 Å². The van der Waals surface area contributed by atoms with Crippen LogP contribution in [-0.2, 0) is 0 Å². The zero-order chi connectivity index (χ0) is 18.8. The molecule has 0 aliphatic heterocycles. The number of aromatic nitrogens is 4. The molecule has 0 bridgehead atoms. The minimum absolute atomic E-state index is 0.203. The van der Waals surface area contributed by atoms with E-state index in [4.69, 9.17) is 0 Å². The SMILES string of the molecule is C/C=C\C(C)F.CC(C)/C=C/F.O=c1[nH]c2cnc3[nH]ccc3c2[nH]1. The van der Waals surface area contributed by atoms with Gasteiger partial charge in [-0.05, 0) is 25.8 Å². The standard InChI is InChI=1S/C8H6N4O.2C5H9F/c13-8-11-5-3-10-7-4(1-2-9-7)6(5)12-8;1-5(2)3-4-6;1-3-4-5(2)6/h1-3H,(H,9,10)(H2,11,12,13);2*3-5H,1-2H3/b;4-3+;4-3-. The van der Waals surface area contributed by atoms with E-state index in [2.05, 4.69) is 19.9 Å². The molecule has 3 aromatic heterocycles. The lowest BCUT2D eigenvalue weighted by Crippen LogP contribution is -1.99. The van der Waals surface area contributed by atoms with Crippen LogP contribution in [-0.4, -0.2) is 26.1 Å². The number of rotatable bonds is 2. The van der Waals surface area contributed by atoms with E-state index in [0.717, 1.165) is 22.1 Å². The number of aromatic amines is 3. The van der Waals surface area contributed by atoms with E-state index in [0.29, 0.717) is 12.2 Å². The van der Waals surface area contributed by atoms with Crippen molar-refractivity contribution in [2.45, 2.75) is 33.9 Å². The first-order chi connectivity index (χ1) is 11.9. The Morgan fingerprint density at radius 1 is 1.20 bits per heavy atom. The zero-order valence-electron chi connectivity index (χ0n) is 14.8. The van der Waals surface area contributed by atoms with E-state index in [-0.39, 0.29) is 5.69 Å². The van der Waals surface area contributed by atoms with Crippen molar-refractivity contribution in [3.05, 3.63) is 53.5 Å².